The lowest BCUT2D eigenvalue weighted by molar-refractivity contribution is -0.133. The Kier molecular flexibility index (Phi) is 6.38. The number of hydrogen-bond acceptors (Lipinski definition) is 3. The Bertz CT molecular complexity index is 429. The molecule has 0 atom stereocenters. The van der Waals surface area contributed by atoms with E-state index in [0.717, 1.165) is 0 Å². The van der Waals surface area contributed by atoms with Crippen LogP contribution in [-0.2, 0) is 4.79 Å². The summed E-state index contributed by atoms with van der Waals surface area (Å²) in [6.07, 6.45) is 0. The molecular weight excluding hydrogens is 276 g/mol. The first-order chi connectivity index (χ1) is 8.58. The number of thioether (sulfide) groups is 1. The first-order valence-corrected chi connectivity index (χ1v) is 6.71. The standard InChI is InChI=1S/C11H13ClN2O3S/c12-8-2-1-3-9(6-8)14-11(17)13-4-5-18-7-10(15)16/h1-3,6H,4-5,7H2,(H,15,16)(H2,13,14,17). The number of urea groups is 1. The van der Waals surface area contributed by atoms with Crippen LogP contribution in [0.3, 0.4) is 0 Å². The molecule has 0 radical (unpaired) electrons. The van der Waals surface area contributed by atoms with Gasteiger partial charge in [0.1, 0.15) is 0 Å². The molecule has 0 aliphatic rings. The highest BCUT2D eigenvalue weighted by Gasteiger charge is 2.02. The number of carbonyl (C=O) groups excluding carboxylic acids is 1. The van der Waals surface area contributed by atoms with Crippen molar-refractivity contribution in [3.63, 3.8) is 0 Å². The summed E-state index contributed by atoms with van der Waals surface area (Å²) in [7, 11) is 0. The lowest BCUT2D eigenvalue weighted by Crippen LogP contribution is -2.30. The normalized spacial score (nSPS) is 9.83. The molecule has 1 rings (SSSR count). The van der Waals surface area contributed by atoms with E-state index in [0.29, 0.717) is 23.0 Å². The molecule has 98 valence electrons. The minimum atomic E-state index is -0.858. The zero-order chi connectivity index (χ0) is 13.4. The Morgan fingerprint density at radius 3 is 2.83 bits per heavy atom. The van der Waals surface area contributed by atoms with Crippen LogP contribution in [0, 0.1) is 0 Å². The second kappa shape index (κ2) is 7.84. The van der Waals surface area contributed by atoms with Crippen LogP contribution in [0.1, 0.15) is 0 Å². The zero-order valence-electron chi connectivity index (χ0n) is 9.48. The Morgan fingerprint density at radius 1 is 1.39 bits per heavy atom. The fraction of sp³-hybridized carbons (Fsp3) is 0.273. The maximum absolute atomic E-state index is 11.4. The Morgan fingerprint density at radius 2 is 2.17 bits per heavy atom. The van der Waals surface area contributed by atoms with E-state index in [2.05, 4.69) is 10.6 Å². The summed E-state index contributed by atoms with van der Waals surface area (Å²) in [5.41, 5.74) is 0.609. The number of carboxylic acid groups (broad SMARTS) is 1. The molecule has 0 fully saturated rings. The Labute approximate surface area is 114 Å². The summed E-state index contributed by atoms with van der Waals surface area (Å²) < 4.78 is 0. The molecule has 7 heteroatoms. The molecule has 2 amide bonds. The van der Waals surface area contributed by atoms with Gasteiger partial charge in [0.2, 0.25) is 0 Å². The van der Waals surface area contributed by atoms with E-state index in [1.807, 2.05) is 0 Å². The molecule has 0 saturated heterocycles. The number of rotatable bonds is 6. The third kappa shape index (κ3) is 6.36. The highest BCUT2D eigenvalue weighted by Crippen LogP contribution is 2.14. The van der Waals surface area contributed by atoms with Crippen LogP contribution in [0.25, 0.3) is 0 Å². The van der Waals surface area contributed by atoms with Crippen molar-refractivity contribution in [2.45, 2.75) is 0 Å². The summed E-state index contributed by atoms with van der Waals surface area (Å²) in [5, 5.41) is 14.2. The largest absolute Gasteiger partial charge is 0.481 e. The van der Waals surface area contributed by atoms with Gasteiger partial charge in [-0.15, -0.1) is 11.8 Å². The minimum Gasteiger partial charge on any atom is -0.481 e. The molecule has 3 N–H and O–H groups in total. The van der Waals surface area contributed by atoms with Gasteiger partial charge in [-0.25, -0.2) is 4.79 Å². The van der Waals surface area contributed by atoms with Crippen LogP contribution >= 0.6 is 23.4 Å². The average molecular weight is 289 g/mol. The van der Waals surface area contributed by atoms with Crippen molar-refractivity contribution in [2.75, 3.05) is 23.4 Å². The maximum Gasteiger partial charge on any atom is 0.319 e. The van der Waals surface area contributed by atoms with Gasteiger partial charge in [0, 0.05) is 23.0 Å². The molecule has 0 bridgehead atoms. The molecule has 1 aromatic carbocycles. The van der Waals surface area contributed by atoms with Crippen LogP contribution in [0.4, 0.5) is 10.5 Å². The fourth-order valence-corrected chi connectivity index (χ4v) is 1.89. The van der Waals surface area contributed by atoms with E-state index in [4.69, 9.17) is 16.7 Å². The van der Waals surface area contributed by atoms with Crippen LogP contribution in [0.2, 0.25) is 5.02 Å². The van der Waals surface area contributed by atoms with Gasteiger partial charge in [-0.2, -0.15) is 0 Å². The monoisotopic (exact) mass is 288 g/mol. The third-order valence-corrected chi connectivity index (χ3v) is 3.02. The van der Waals surface area contributed by atoms with Gasteiger partial charge in [-0.1, -0.05) is 17.7 Å². The molecule has 0 aliphatic carbocycles. The minimum absolute atomic E-state index is 0.0393. The number of benzene rings is 1. The van der Waals surface area contributed by atoms with Crippen molar-refractivity contribution in [1.29, 1.82) is 0 Å². The number of hydrogen-bond donors (Lipinski definition) is 3. The van der Waals surface area contributed by atoms with Crippen molar-refractivity contribution in [3.8, 4) is 0 Å². The number of halogens is 1. The predicted octanol–water partition coefficient (Wildman–Crippen LogP) is 2.28. The second-order valence-corrected chi connectivity index (χ2v) is 4.88. The van der Waals surface area contributed by atoms with Crippen molar-refractivity contribution in [1.82, 2.24) is 5.32 Å². The van der Waals surface area contributed by atoms with Crippen molar-refractivity contribution in [2.24, 2.45) is 0 Å². The summed E-state index contributed by atoms with van der Waals surface area (Å²) in [5.74, 6) is -0.268. The number of aliphatic carboxylic acids is 1. The molecule has 0 saturated carbocycles. The van der Waals surface area contributed by atoms with Crippen molar-refractivity contribution in [3.05, 3.63) is 29.3 Å². The number of carboxylic acids is 1. The smallest absolute Gasteiger partial charge is 0.319 e. The predicted molar refractivity (Wildman–Crippen MR) is 73.4 cm³/mol. The van der Waals surface area contributed by atoms with Crippen molar-refractivity contribution >= 4 is 41.1 Å². The zero-order valence-corrected chi connectivity index (χ0v) is 11.1. The molecule has 18 heavy (non-hydrogen) atoms. The Balaban J connectivity index is 2.20. The summed E-state index contributed by atoms with van der Waals surface area (Å²) in [6, 6.07) is 6.48. The molecule has 0 spiro atoms. The number of carbonyl (C=O) groups is 2. The van der Waals surface area contributed by atoms with Gasteiger partial charge in [0.05, 0.1) is 5.75 Å². The number of anilines is 1. The van der Waals surface area contributed by atoms with Gasteiger partial charge in [-0.05, 0) is 18.2 Å². The fourth-order valence-electron chi connectivity index (χ4n) is 1.14. The van der Waals surface area contributed by atoms with Crippen molar-refractivity contribution < 1.29 is 14.7 Å². The van der Waals surface area contributed by atoms with E-state index in [1.54, 1.807) is 24.3 Å². The van der Waals surface area contributed by atoms with Gasteiger partial charge in [-0.3, -0.25) is 4.79 Å². The lowest BCUT2D eigenvalue weighted by Gasteiger charge is -2.07. The first kappa shape index (κ1) is 14.7. The molecule has 0 aliphatic heterocycles. The molecule has 0 aromatic heterocycles. The molecular formula is C11H13ClN2O3S. The highest BCUT2D eigenvalue weighted by atomic mass is 35.5. The number of nitrogens with one attached hydrogen (secondary N) is 2. The van der Waals surface area contributed by atoms with E-state index >= 15 is 0 Å². The molecule has 1 aromatic rings. The third-order valence-electron chi connectivity index (χ3n) is 1.84. The average Bonchev–Trinajstić information content (AvgIpc) is 2.28. The summed E-state index contributed by atoms with van der Waals surface area (Å²) in [6.45, 7) is 0.407. The number of amides is 2. The maximum atomic E-state index is 11.4. The van der Waals surface area contributed by atoms with Gasteiger partial charge >= 0.3 is 12.0 Å². The second-order valence-electron chi connectivity index (χ2n) is 3.34. The van der Waals surface area contributed by atoms with Crippen LogP contribution in [-0.4, -0.2) is 35.2 Å². The first-order valence-electron chi connectivity index (χ1n) is 5.18. The lowest BCUT2D eigenvalue weighted by atomic mass is 10.3. The molecule has 5 nitrogen and oxygen atoms in total. The van der Waals surface area contributed by atoms with Crippen LogP contribution < -0.4 is 10.6 Å². The van der Waals surface area contributed by atoms with Gasteiger partial charge < -0.3 is 15.7 Å². The quantitative estimate of drug-likeness (QED) is 0.702. The van der Waals surface area contributed by atoms with E-state index in [1.165, 1.54) is 11.8 Å². The molecule has 0 heterocycles. The van der Waals surface area contributed by atoms with E-state index < -0.39 is 5.97 Å². The SMILES string of the molecule is O=C(O)CSCCNC(=O)Nc1cccc(Cl)c1. The van der Waals surface area contributed by atoms with Crippen LogP contribution in [0.5, 0.6) is 0 Å². The van der Waals surface area contributed by atoms with Gasteiger partial charge in [0.15, 0.2) is 0 Å². The molecule has 0 unspecified atom stereocenters. The van der Waals surface area contributed by atoms with Gasteiger partial charge in [0.25, 0.3) is 0 Å². The summed E-state index contributed by atoms with van der Waals surface area (Å²) in [4.78, 5) is 21.7. The Hall–Kier alpha value is -1.40. The van der Waals surface area contributed by atoms with E-state index in [9.17, 15) is 9.59 Å². The van der Waals surface area contributed by atoms with E-state index in [-0.39, 0.29) is 11.8 Å². The summed E-state index contributed by atoms with van der Waals surface area (Å²) >= 11 is 7.02. The van der Waals surface area contributed by atoms with Crippen LogP contribution in [0.15, 0.2) is 24.3 Å². The highest BCUT2D eigenvalue weighted by molar-refractivity contribution is 7.99. The topological polar surface area (TPSA) is 78.4 Å².